The lowest BCUT2D eigenvalue weighted by atomic mass is 10.3. The smallest absolute Gasteiger partial charge is 0.349 e. The molecule has 41 heavy (non-hydrogen) atoms. The minimum absolute atomic E-state index is 0.163. The average Bonchev–Trinajstić information content (AvgIpc) is 3.07. The second-order valence-electron chi connectivity index (χ2n) is 10.0. The number of hydrogen-bond donors (Lipinski definition) is 0. The van der Waals surface area contributed by atoms with Crippen molar-refractivity contribution in [2.45, 2.75) is 0 Å². The molecule has 0 heterocycles. The van der Waals surface area contributed by atoms with Gasteiger partial charge >= 0.3 is 8.32 Å². The first-order valence-corrected chi connectivity index (χ1v) is 17.7. The van der Waals surface area contributed by atoms with E-state index in [1.165, 1.54) is 0 Å². The standard InChI is InChI=1S/C37H30O2Si2/c38-37(40(31-19-7-1-8-20-31,32-21-9-2-10-22-32)33-23-11-3-12-24-33)39-41(34-25-13-4-14-26-34,35-27-15-5-16-28-35)36-29-17-6-18-30-36/h1-30H. The lowest BCUT2D eigenvalue weighted by molar-refractivity contribution is 0.224. The molecule has 6 rings (SSSR count). The van der Waals surface area contributed by atoms with Gasteiger partial charge < -0.3 is 4.43 Å². The van der Waals surface area contributed by atoms with Gasteiger partial charge in [0.2, 0.25) is 0 Å². The Labute approximate surface area is 243 Å². The first-order chi connectivity index (χ1) is 20.3. The number of carbonyl (C=O) groups is 1. The van der Waals surface area contributed by atoms with Crippen LogP contribution in [0.5, 0.6) is 0 Å². The fraction of sp³-hybridized carbons (Fsp3) is 0. The van der Waals surface area contributed by atoms with Crippen molar-refractivity contribution in [2.75, 3.05) is 0 Å². The highest BCUT2D eigenvalue weighted by molar-refractivity contribution is 7.30. The second kappa shape index (κ2) is 11.8. The minimum atomic E-state index is -3.36. The van der Waals surface area contributed by atoms with E-state index in [-0.39, 0.29) is 5.59 Å². The highest BCUT2D eigenvalue weighted by Crippen LogP contribution is 2.17. The summed E-state index contributed by atoms with van der Waals surface area (Å²) in [5.41, 5.74) is -0.163. The van der Waals surface area contributed by atoms with E-state index in [9.17, 15) is 0 Å². The van der Waals surface area contributed by atoms with Crippen LogP contribution in [-0.4, -0.2) is 22.0 Å². The van der Waals surface area contributed by atoms with E-state index >= 15 is 4.79 Å². The molecule has 198 valence electrons. The Morgan fingerprint density at radius 1 is 0.341 bits per heavy atom. The summed E-state index contributed by atoms with van der Waals surface area (Å²) < 4.78 is 7.29. The zero-order valence-corrected chi connectivity index (χ0v) is 24.6. The Morgan fingerprint density at radius 3 is 0.805 bits per heavy atom. The zero-order valence-electron chi connectivity index (χ0n) is 22.6. The maximum Gasteiger partial charge on any atom is 0.349 e. The van der Waals surface area contributed by atoms with Gasteiger partial charge in [0, 0.05) is 0 Å². The van der Waals surface area contributed by atoms with Crippen molar-refractivity contribution in [3.05, 3.63) is 182 Å². The average molecular weight is 563 g/mol. The second-order valence-corrected chi connectivity index (χ2v) is 17.0. The van der Waals surface area contributed by atoms with Gasteiger partial charge in [-0.25, -0.2) is 0 Å². The molecule has 0 bridgehead atoms. The summed E-state index contributed by atoms with van der Waals surface area (Å²) in [6.07, 6.45) is 0. The fourth-order valence-corrected chi connectivity index (χ4v) is 14.3. The van der Waals surface area contributed by atoms with Crippen LogP contribution in [0.15, 0.2) is 182 Å². The van der Waals surface area contributed by atoms with E-state index in [4.69, 9.17) is 4.43 Å². The minimum Gasteiger partial charge on any atom is -0.509 e. The Bertz CT molecular complexity index is 1500. The molecule has 0 aromatic heterocycles. The molecule has 0 unspecified atom stereocenters. The molecule has 0 N–H and O–H groups in total. The van der Waals surface area contributed by atoms with E-state index < -0.39 is 16.4 Å². The summed E-state index contributed by atoms with van der Waals surface area (Å²) >= 11 is 0. The third-order valence-electron chi connectivity index (χ3n) is 7.71. The van der Waals surface area contributed by atoms with Gasteiger partial charge in [-0.2, -0.15) is 0 Å². The molecule has 0 aliphatic carbocycles. The third-order valence-corrected chi connectivity index (χ3v) is 16.2. The van der Waals surface area contributed by atoms with E-state index in [1.54, 1.807) is 0 Å². The Kier molecular flexibility index (Phi) is 7.59. The van der Waals surface area contributed by atoms with Crippen LogP contribution >= 0.6 is 0 Å². The van der Waals surface area contributed by atoms with Gasteiger partial charge in [-0.15, -0.1) is 0 Å². The van der Waals surface area contributed by atoms with Gasteiger partial charge in [0.1, 0.15) is 0 Å². The topological polar surface area (TPSA) is 26.3 Å². The molecule has 0 saturated carbocycles. The van der Waals surface area contributed by atoms with Crippen molar-refractivity contribution in [1.29, 1.82) is 0 Å². The summed E-state index contributed by atoms with van der Waals surface area (Å²) in [6.45, 7) is 0. The van der Waals surface area contributed by atoms with E-state index in [0.717, 1.165) is 31.1 Å². The van der Waals surface area contributed by atoms with E-state index in [1.807, 2.05) is 109 Å². The molecule has 0 spiro atoms. The Morgan fingerprint density at radius 2 is 0.561 bits per heavy atom. The van der Waals surface area contributed by atoms with Crippen molar-refractivity contribution in [2.24, 2.45) is 0 Å². The number of benzene rings is 6. The van der Waals surface area contributed by atoms with Gasteiger partial charge in [0.15, 0.2) is 0 Å². The third kappa shape index (κ3) is 4.78. The summed E-state index contributed by atoms with van der Waals surface area (Å²) in [6, 6.07) is 61.5. The summed E-state index contributed by atoms with van der Waals surface area (Å²) in [5.74, 6) is 0. The molecule has 0 saturated heterocycles. The van der Waals surface area contributed by atoms with Crippen molar-refractivity contribution >= 4 is 53.1 Å². The van der Waals surface area contributed by atoms with E-state index in [0.29, 0.717) is 0 Å². The van der Waals surface area contributed by atoms with Crippen LogP contribution < -0.4 is 31.1 Å². The molecular formula is C37H30O2Si2. The summed E-state index contributed by atoms with van der Waals surface area (Å²) in [5, 5.41) is 6.09. The molecule has 4 heteroatoms. The van der Waals surface area contributed by atoms with Crippen LogP contribution in [0.1, 0.15) is 0 Å². The molecule has 0 aliphatic rings. The predicted molar refractivity (Wildman–Crippen MR) is 174 cm³/mol. The van der Waals surface area contributed by atoms with Gasteiger partial charge in [-0.1, -0.05) is 182 Å². The highest BCUT2D eigenvalue weighted by atomic mass is 28.4. The molecule has 0 aliphatic heterocycles. The quantitative estimate of drug-likeness (QED) is 0.201. The lowest BCUT2D eigenvalue weighted by Gasteiger charge is -2.38. The summed E-state index contributed by atoms with van der Waals surface area (Å²) in [4.78, 5) is 15.5. The molecule has 0 atom stereocenters. The van der Waals surface area contributed by atoms with Gasteiger partial charge in [0.25, 0.3) is 13.7 Å². The first kappa shape index (κ1) is 26.4. The van der Waals surface area contributed by atoms with Crippen LogP contribution in [0.25, 0.3) is 0 Å². The van der Waals surface area contributed by atoms with Crippen molar-refractivity contribution in [3.63, 3.8) is 0 Å². The van der Waals surface area contributed by atoms with Crippen LogP contribution in [-0.2, 0) is 4.43 Å². The van der Waals surface area contributed by atoms with Crippen molar-refractivity contribution in [1.82, 2.24) is 0 Å². The lowest BCUT2D eigenvalue weighted by Crippen LogP contribution is -2.77. The normalized spacial score (nSPS) is 11.5. The Balaban J connectivity index is 1.67. The number of rotatable bonds is 8. The molecule has 2 nitrogen and oxygen atoms in total. The summed E-state index contributed by atoms with van der Waals surface area (Å²) in [7, 11) is -6.67. The van der Waals surface area contributed by atoms with Crippen LogP contribution in [0, 0.1) is 0 Å². The van der Waals surface area contributed by atoms with Gasteiger partial charge in [-0.05, 0) is 31.1 Å². The number of hydrogen-bond acceptors (Lipinski definition) is 2. The molecule has 0 fully saturated rings. The maximum atomic E-state index is 15.5. The molecule has 6 aromatic rings. The van der Waals surface area contributed by atoms with Gasteiger partial charge in [-0.3, -0.25) is 4.79 Å². The van der Waals surface area contributed by atoms with Crippen molar-refractivity contribution < 1.29 is 9.22 Å². The SMILES string of the molecule is O=C(O[Si](c1ccccc1)(c1ccccc1)c1ccccc1)[Si](c1ccccc1)(c1ccccc1)c1ccccc1. The predicted octanol–water partition coefficient (Wildman–Crippen LogP) is 4.54. The van der Waals surface area contributed by atoms with Crippen LogP contribution in [0.2, 0.25) is 0 Å². The largest absolute Gasteiger partial charge is 0.509 e. The maximum absolute atomic E-state index is 15.5. The first-order valence-electron chi connectivity index (χ1n) is 13.8. The van der Waals surface area contributed by atoms with Crippen molar-refractivity contribution in [3.8, 4) is 0 Å². The van der Waals surface area contributed by atoms with Crippen LogP contribution in [0.4, 0.5) is 4.79 Å². The van der Waals surface area contributed by atoms with Crippen LogP contribution in [0.3, 0.4) is 0 Å². The molecule has 0 radical (unpaired) electrons. The Hall–Kier alpha value is -4.78. The molecule has 6 aromatic carbocycles. The monoisotopic (exact) mass is 562 g/mol. The molecule has 0 amide bonds. The highest BCUT2D eigenvalue weighted by Gasteiger charge is 2.54. The number of carbonyl (C=O) groups excluding carboxylic acids is 1. The van der Waals surface area contributed by atoms with Gasteiger partial charge in [0.05, 0.1) is 0 Å². The zero-order chi connectivity index (χ0) is 28.0. The molecular weight excluding hydrogens is 533 g/mol. The fourth-order valence-electron chi connectivity index (χ4n) is 5.83. The van der Waals surface area contributed by atoms with E-state index in [2.05, 4.69) is 72.8 Å².